The first-order chi connectivity index (χ1) is 12.7. The molecule has 0 aromatic heterocycles. The van der Waals surface area contributed by atoms with Gasteiger partial charge in [-0.15, -0.1) is 8.42 Å². The van der Waals surface area contributed by atoms with Gasteiger partial charge in [0.2, 0.25) is 0 Å². The van der Waals surface area contributed by atoms with E-state index in [4.69, 9.17) is 0 Å². The summed E-state index contributed by atoms with van der Waals surface area (Å²) in [5, 5.41) is -6.49. The number of hydrogen-bond donors (Lipinski definition) is 0. The molecule has 0 saturated heterocycles. The third-order valence-corrected chi connectivity index (χ3v) is 8.96. The summed E-state index contributed by atoms with van der Waals surface area (Å²) in [5.74, 6) is -6.82. The number of alkyl halides is 7. The second-order valence-electron chi connectivity index (χ2n) is 5.64. The smallest absolute Gasteiger partial charge is 0.261 e. The molecule has 2 aromatic carbocycles. The maximum Gasteiger partial charge on any atom is 0.489 e. The van der Waals surface area contributed by atoms with E-state index >= 15 is 0 Å². The van der Waals surface area contributed by atoms with E-state index < -0.39 is 37.8 Å². The van der Waals surface area contributed by atoms with Gasteiger partial charge in [0, 0.05) is 16.6 Å². The molecule has 12 heteroatoms. The topological polar surface area (TPSA) is 46.9 Å². The first-order valence-electron chi connectivity index (χ1n) is 7.36. The van der Waals surface area contributed by atoms with E-state index in [0.29, 0.717) is 0 Å². The van der Waals surface area contributed by atoms with Gasteiger partial charge in [-0.1, -0.05) is 36.4 Å². The average Bonchev–Trinajstić information content (AvgIpc) is 2.61. The highest BCUT2D eigenvalue weighted by Gasteiger charge is 2.82. The molecule has 0 unspecified atom stereocenters. The Bertz CT molecular complexity index is 875. The average molecular weight is 451 g/mol. The Morgan fingerprint density at radius 2 is 1.07 bits per heavy atom. The molecule has 3 nitrogen and oxygen atoms in total. The minimum Gasteiger partial charge on any atom is -0.261 e. The van der Waals surface area contributed by atoms with Gasteiger partial charge in [0.15, 0.2) is 0 Å². The summed E-state index contributed by atoms with van der Waals surface area (Å²) in [6.07, 6.45) is -5.68. The molecule has 156 valence electrons. The van der Waals surface area contributed by atoms with E-state index in [-0.39, 0.29) is 9.79 Å². The number of halogens is 7. The van der Waals surface area contributed by atoms with Gasteiger partial charge >= 0.3 is 27.5 Å². The third-order valence-electron chi connectivity index (χ3n) is 3.70. The van der Waals surface area contributed by atoms with Crippen molar-refractivity contribution in [1.29, 1.82) is 0 Å². The lowest BCUT2D eigenvalue weighted by atomic mass is 10.3. The van der Waals surface area contributed by atoms with Crippen molar-refractivity contribution in [1.82, 2.24) is 0 Å². The molecule has 0 bridgehead atoms. The van der Waals surface area contributed by atoms with Crippen molar-refractivity contribution in [3.8, 4) is 0 Å². The van der Waals surface area contributed by atoms with Crippen molar-refractivity contribution in [2.45, 2.75) is 27.1 Å². The fraction of sp³-hybridized carbons (Fsp3) is 0.250. The van der Waals surface area contributed by atoms with Crippen molar-refractivity contribution in [2.24, 2.45) is 0 Å². The summed E-state index contributed by atoms with van der Waals surface area (Å²) in [4.78, 5) is 0.159. The Balaban J connectivity index is 2.62. The molecule has 1 N–H and O–H groups in total. The quantitative estimate of drug-likeness (QED) is 0.323. The van der Waals surface area contributed by atoms with E-state index in [1.165, 1.54) is 60.7 Å². The van der Waals surface area contributed by atoms with E-state index in [1.54, 1.807) is 0 Å². The fourth-order valence-electron chi connectivity index (χ4n) is 2.16. The van der Waals surface area contributed by atoms with Crippen molar-refractivity contribution in [3.63, 3.8) is 0 Å². The van der Waals surface area contributed by atoms with Crippen molar-refractivity contribution >= 4 is 20.4 Å². The molecule has 0 aliphatic heterocycles. The minimum atomic E-state index is -6.82. The second-order valence-corrected chi connectivity index (χ2v) is 10.4. The third kappa shape index (κ3) is 3.72. The van der Waals surface area contributed by atoms with E-state index in [0.717, 1.165) is 6.26 Å². The van der Waals surface area contributed by atoms with Gasteiger partial charge < -0.3 is 0 Å². The Morgan fingerprint density at radius 3 is 1.39 bits per heavy atom. The summed E-state index contributed by atoms with van der Waals surface area (Å²) in [6, 6.07) is 14.0. The Morgan fingerprint density at radius 1 is 0.714 bits per heavy atom. The summed E-state index contributed by atoms with van der Waals surface area (Å²) in [7, 11) is -9.88. The summed E-state index contributed by atoms with van der Waals surface area (Å²) in [5.41, 5.74) is 0. The molecular formula is C16H14F7O3S2+. The Kier molecular flexibility index (Phi) is 5.81. The molecule has 0 fully saturated rings. The highest BCUT2D eigenvalue weighted by molar-refractivity contribution is 8.32. The molecule has 0 saturated carbocycles. The SMILES string of the molecule is CS([OH+]S(=O)(=O)C(F)(F)C(F)(F)C(F)(F)F)(c1ccccc1)c1ccccc1. The van der Waals surface area contributed by atoms with Crippen LogP contribution in [0.15, 0.2) is 70.5 Å². The zero-order chi connectivity index (χ0) is 21.4. The maximum absolute atomic E-state index is 13.9. The molecule has 0 amide bonds. The normalized spacial score (nSPS) is 14.7. The lowest BCUT2D eigenvalue weighted by Gasteiger charge is -2.33. The van der Waals surface area contributed by atoms with Crippen LogP contribution in [0.4, 0.5) is 30.7 Å². The molecule has 0 radical (unpaired) electrons. The molecule has 0 atom stereocenters. The highest BCUT2D eigenvalue weighted by Crippen LogP contribution is 2.61. The summed E-state index contributed by atoms with van der Waals surface area (Å²) in [6.45, 7) is 0. The van der Waals surface area contributed by atoms with Gasteiger partial charge in [0.1, 0.15) is 0 Å². The standard InChI is InChI=1S/C16H13F7O3S2/c1-27(12-8-4-2-5-9-12,13-10-6-3-7-11-13)26-28(24,25)16(22,23)14(17,18)15(19,20)21/h2-11H,1H3/p+1. The van der Waals surface area contributed by atoms with Crippen LogP contribution in [0.5, 0.6) is 0 Å². The van der Waals surface area contributed by atoms with Crippen LogP contribution in [0.1, 0.15) is 0 Å². The van der Waals surface area contributed by atoms with Crippen molar-refractivity contribution < 1.29 is 42.8 Å². The lowest BCUT2D eigenvalue weighted by Crippen LogP contribution is -2.57. The van der Waals surface area contributed by atoms with Crippen LogP contribution in [0.2, 0.25) is 0 Å². The zero-order valence-electron chi connectivity index (χ0n) is 14.0. The van der Waals surface area contributed by atoms with Crippen LogP contribution in [-0.2, 0) is 10.1 Å². The number of hydrogen-bond acceptors (Lipinski definition) is 2. The molecule has 0 aliphatic carbocycles. The first kappa shape index (κ1) is 22.5. The van der Waals surface area contributed by atoms with Gasteiger partial charge in [-0.3, -0.25) is 3.63 Å². The zero-order valence-corrected chi connectivity index (χ0v) is 15.6. The van der Waals surface area contributed by atoms with Gasteiger partial charge in [-0.25, -0.2) is 0 Å². The van der Waals surface area contributed by atoms with Crippen LogP contribution < -0.4 is 0 Å². The lowest BCUT2D eigenvalue weighted by molar-refractivity contribution is -0.333. The number of benzene rings is 2. The van der Waals surface area contributed by atoms with Gasteiger partial charge in [0.05, 0.1) is 9.79 Å². The van der Waals surface area contributed by atoms with Crippen LogP contribution >= 0.6 is 10.3 Å². The fourth-order valence-corrected chi connectivity index (χ4v) is 6.88. The molecule has 2 aromatic rings. The predicted molar refractivity (Wildman–Crippen MR) is 90.4 cm³/mol. The number of rotatable bonds is 6. The maximum atomic E-state index is 13.9. The Hall–Kier alpha value is -1.79. The molecule has 0 aliphatic rings. The monoisotopic (exact) mass is 451 g/mol. The second kappa shape index (κ2) is 7.23. The van der Waals surface area contributed by atoms with E-state index in [9.17, 15) is 39.2 Å². The van der Waals surface area contributed by atoms with E-state index in [2.05, 4.69) is 3.63 Å². The van der Waals surface area contributed by atoms with Gasteiger partial charge in [0.25, 0.3) is 0 Å². The first-order valence-corrected chi connectivity index (χ1v) is 10.8. The molecule has 0 spiro atoms. The highest BCUT2D eigenvalue weighted by atomic mass is 32.3. The van der Waals surface area contributed by atoms with Gasteiger partial charge in [-0.2, -0.15) is 30.7 Å². The summed E-state index contributed by atoms with van der Waals surface area (Å²) >= 11 is 0. The van der Waals surface area contributed by atoms with Gasteiger partial charge in [-0.05, 0) is 24.3 Å². The van der Waals surface area contributed by atoms with Crippen LogP contribution in [0.25, 0.3) is 0 Å². The van der Waals surface area contributed by atoms with Crippen molar-refractivity contribution in [3.05, 3.63) is 60.7 Å². The predicted octanol–water partition coefficient (Wildman–Crippen LogP) is 5.67. The summed E-state index contributed by atoms with van der Waals surface area (Å²) < 4.78 is 119. The molecule has 0 heterocycles. The Labute approximate surface area is 157 Å². The molecule has 28 heavy (non-hydrogen) atoms. The van der Waals surface area contributed by atoms with Crippen molar-refractivity contribution in [2.75, 3.05) is 6.26 Å². The van der Waals surface area contributed by atoms with Crippen LogP contribution in [0.3, 0.4) is 0 Å². The minimum absolute atomic E-state index is 0.0795. The molecule has 2 rings (SSSR count). The molecular weight excluding hydrogens is 437 g/mol. The van der Waals surface area contributed by atoms with Crippen LogP contribution in [0, 0.1) is 0 Å². The van der Waals surface area contributed by atoms with E-state index in [1.807, 2.05) is 0 Å². The largest absolute Gasteiger partial charge is 0.489 e. The van der Waals surface area contributed by atoms with Crippen LogP contribution in [-0.4, -0.2) is 35.7 Å².